The lowest BCUT2D eigenvalue weighted by molar-refractivity contribution is -0.126. The Balaban J connectivity index is 2.05. The summed E-state index contributed by atoms with van der Waals surface area (Å²) in [6.45, 7) is 9.52. The van der Waals surface area contributed by atoms with Gasteiger partial charge in [0.2, 0.25) is 5.91 Å². The van der Waals surface area contributed by atoms with Crippen molar-refractivity contribution in [1.29, 1.82) is 0 Å². The number of amides is 1. The number of rotatable bonds is 7. The van der Waals surface area contributed by atoms with Gasteiger partial charge < -0.3 is 10.6 Å². The van der Waals surface area contributed by atoms with Crippen LogP contribution in [0, 0.1) is 11.8 Å². The molecule has 1 aliphatic carbocycles. The fourth-order valence-electron chi connectivity index (χ4n) is 3.88. The van der Waals surface area contributed by atoms with Crippen molar-refractivity contribution in [3.63, 3.8) is 0 Å². The van der Waals surface area contributed by atoms with Gasteiger partial charge in [-0.25, -0.2) is 0 Å². The second kappa shape index (κ2) is 7.10. The van der Waals surface area contributed by atoms with E-state index in [-0.39, 0.29) is 11.9 Å². The van der Waals surface area contributed by atoms with Crippen LogP contribution in [0.2, 0.25) is 0 Å². The van der Waals surface area contributed by atoms with Crippen LogP contribution in [0.25, 0.3) is 0 Å². The minimum Gasteiger partial charge on any atom is -0.368 e. The van der Waals surface area contributed by atoms with E-state index in [1.165, 1.54) is 25.7 Å². The number of nitrogens with two attached hydrogens (primary N) is 1. The first kappa shape index (κ1) is 16.8. The number of nitrogens with zero attached hydrogens (tertiary/aromatic N) is 1. The van der Waals surface area contributed by atoms with Crippen LogP contribution in [0.4, 0.5) is 0 Å². The number of likely N-dealkylation sites (tertiary alicyclic amines) is 1. The molecule has 1 saturated carbocycles. The molecule has 1 saturated heterocycles. The van der Waals surface area contributed by atoms with Gasteiger partial charge in [-0.3, -0.25) is 10.1 Å². The molecule has 0 radical (unpaired) electrons. The van der Waals surface area contributed by atoms with Crippen LogP contribution in [0.15, 0.2) is 0 Å². The number of nitrogens with one attached hydrogen (secondary N) is 1. The maximum atomic E-state index is 12.3. The summed E-state index contributed by atoms with van der Waals surface area (Å²) in [7, 11) is 0. The fraction of sp³-hybridized carbons (Fsp3) is 0.941. The van der Waals surface area contributed by atoms with Crippen LogP contribution < -0.4 is 11.1 Å². The van der Waals surface area contributed by atoms with Crippen molar-refractivity contribution in [2.75, 3.05) is 19.6 Å². The van der Waals surface area contributed by atoms with Crippen molar-refractivity contribution < 1.29 is 4.79 Å². The molecule has 1 aliphatic heterocycles. The SMILES string of the molecule is CCC1CCCN(CC(NC(C)C)(C(N)=O)C2CC2)CC1. The molecular weight excluding hydrogens is 262 g/mol. The predicted octanol–water partition coefficient (Wildman–Crippen LogP) is 2.13. The van der Waals surface area contributed by atoms with E-state index in [4.69, 9.17) is 5.73 Å². The van der Waals surface area contributed by atoms with Gasteiger partial charge >= 0.3 is 0 Å². The van der Waals surface area contributed by atoms with Crippen molar-refractivity contribution in [3.8, 4) is 0 Å². The van der Waals surface area contributed by atoms with Crippen LogP contribution >= 0.6 is 0 Å². The Morgan fingerprint density at radius 3 is 2.52 bits per heavy atom. The first-order valence-corrected chi connectivity index (χ1v) is 8.78. The highest BCUT2D eigenvalue weighted by atomic mass is 16.1. The van der Waals surface area contributed by atoms with Crippen molar-refractivity contribution in [1.82, 2.24) is 10.2 Å². The first-order valence-electron chi connectivity index (χ1n) is 8.78. The van der Waals surface area contributed by atoms with E-state index < -0.39 is 5.54 Å². The van der Waals surface area contributed by atoms with E-state index in [9.17, 15) is 4.79 Å². The van der Waals surface area contributed by atoms with Gasteiger partial charge in [0.05, 0.1) is 0 Å². The molecule has 1 amide bonds. The Morgan fingerprint density at radius 1 is 1.29 bits per heavy atom. The summed E-state index contributed by atoms with van der Waals surface area (Å²) in [5.41, 5.74) is 5.33. The second-order valence-electron chi connectivity index (χ2n) is 7.39. The summed E-state index contributed by atoms with van der Waals surface area (Å²) in [6.07, 6.45) is 7.39. The Morgan fingerprint density at radius 2 is 2.00 bits per heavy atom. The van der Waals surface area contributed by atoms with E-state index in [0.29, 0.717) is 5.92 Å². The van der Waals surface area contributed by atoms with Gasteiger partial charge in [-0.2, -0.15) is 0 Å². The van der Waals surface area contributed by atoms with E-state index in [1.54, 1.807) is 0 Å². The van der Waals surface area contributed by atoms with E-state index >= 15 is 0 Å². The second-order valence-corrected chi connectivity index (χ2v) is 7.39. The van der Waals surface area contributed by atoms with Gasteiger partial charge in [0.15, 0.2) is 0 Å². The molecule has 0 aromatic rings. The average molecular weight is 295 g/mol. The number of hydrogen-bond donors (Lipinski definition) is 2. The van der Waals surface area contributed by atoms with Gasteiger partial charge in [-0.1, -0.05) is 13.3 Å². The lowest BCUT2D eigenvalue weighted by Crippen LogP contribution is -2.64. The zero-order chi connectivity index (χ0) is 15.5. The quantitative estimate of drug-likeness (QED) is 0.756. The van der Waals surface area contributed by atoms with Gasteiger partial charge in [-0.05, 0) is 70.9 Å². The molecule has 0 aromatic carbocycles. The normalized spacial score (nSPS) is 27.3. The number of primary amides is 1. The van der Waals surface area contributed by atoms with Crippen molar-refractivity contribution >= 4 is 5.91 Å². The summed E-state index contributed by atoms with van der Waals surface area (Å²) in [6, 6.07) is 0.286. The number of carbonyl (C=O) groups excluding carboxylic acids is 1. The molecule has 1 heterocycles. The van der Waals surface area contributed by atoms with Crippen LogP contribution in [-0.4, -0.2) is 42.0 Å². The molecule has 4 nitrogen and oxygen atoms in total. The smallest absolute Gasteiger partial charge is 0.239 e. The van der Waals surface area contributed by atoms with Crippen LogP contribution in [0.5, 0.6) is 0 Å². The monoisotopic (exact) mass is 295 g/mol. The predicted molar refractivity (Wildman–Crippen MR) is 87.0 cm³/mol. The largest absolute Gasteiger partial charge is 0.368 e. The zero-order valence-corrected chi connectivity index (χ0v) is 14.0. The van der Waals surface area contributed by atoms with Crippen molar-refractivity contribution in [2.24, 2.45) is 17.6 Å². The van der Waals surface area contributed by atoms with E-state index in [2.05, 4.69) is 31.0 Å². The molecule has 122 valence electrons. The third-order valence-corrected chi connectivity index (χ3v) is 5.25. The average Bonchev–Trinajstić information content (AvgIpc) is 3.24. The van der Waals surface area contributed by atoms with Gasteiger partial charge in [0, 0.05) is 12.6 Å². The molecule has 0 bridgehead atoms. The van der Waals surface area contributed by atoms with Crippen molar-refractivity contribution in [3.05, 3.63) is 0 Å². The minimum absolute atomic E-state index is 0.157. The molecule has 2 aliphatic rings. The molecule has 2 fully saturated rings. The Hall–Kier alpha value is -0.610. The van der Waals surface area contributed by atoms with Gasteiger partial charge in [0.25, 0.3) is 0 Å². The molecular formula is C17H33N3O. The summed E-state index contributed by atoms with van der Waals surface area (Å²) < 4.78 is 0. The molecule has 2 atom stereocenters. The minimum atomic E-state index is -0.514. The third-order valence-electron chi connectivity index (χ3n) is 5.25. The molecule has 21 heavy (non-hydrogen) atoms. The Kier molecular flexibility index (Phi) is 5.67. The fourth-order valence-corrected chi connectivity index (χ4v) is 3.88. The molecule has 4 heteroatoms. The Bertz CT molecular complexity index is 354. The standard InChI is InChI=1S/C17H33N3O/c1-4-14-6-5-10-20(11-9-14)12-17(16(18)21,15-7-8-15)19-13(2)3/h13-15,19H,4-12H2,1-3H3,(H2,18,21). The lowest BCUT2D eigenvalue weighted by Gasteiger charge is -2.38. The third kappa shape index (κ3) is 4.19. The maximum Gasteiger partial charge on any atom is 0.239 e. The molecule has 3 N–H and O–H groups in total. The first-order chi connectivity index (χ1) is 9.98. The maximum absolute atomic E-state index is 12.3. The van der Waals surface area contributed by atoms with Crippen LogP contribution in [-0.2, 0) is 4.79 Å². The lowest BCUT2D eigenvalue weighted by atomic mass is 9.90. The van der Waals surface area contributed by atoms with Crippen LogP contribution in [0.3, 0.4) is 0 Å². The topological polar surface area (TPSA) is 58.4 Å². The highest BCUT2D eigenvalue weighted by Gasteiger charge is 2.50. The van der Waals surface area contributed by atoms with E-state index in [0.717, 1.165) is 38.4 Å². The summed E-state index contributed by atoms with van der Waals surface area (Å²) in [5, 5.41) is 3.53. The summed E-state index contributed by atoms with van der Waals surface area (Å²) in [4.78, 5) is 14.7. The highest BCUT2D eigenvalue weighted by molar-refractivity contribution is 5.86. The Labute approximate surface area is 129 Å². The van der Waals surface area contributed by atoms with Gasteiger partial charge in [0.1, 0.15) is 5.54 Å². The van der Waals surface area contributed by atoms with Crippen molar-refractivity contribution in [2.45, 2.75) is 70.9 Å². The molecule has 0 aromatic heterocycles. The van der Waals surface area contributed by atoms with Crippen LogP contribution in [0.1, 0.15) is 59.3 Å². The molecule has 2 rings (SSSR count). The number of hydrogen-bond acceptors (Lipinski definition) is 3. The zero-order valence-electron chi connectivity index (χ0n) is 14.0. The van der Waals surface area contributed by atoms with E-state index in [1.807, 2.05) is 0 Å². The van der Waals surface area contributed by atoms with Gasteiger partial charge in [-0.15, -0.1) is 0 Å². The number of carbonyl (C=O) groups is 1. The molecule has 0 spiro atoms. The summed E-state index contributed by atoms with van der Waals surface area (Å²) >= 11 is 0. The molecule has 2 unspecified atom stereocenters. The highest BCUT2D eigenvalue weighted by Crippen LogP contribution is 2.41. The summed E-state index contributed by atoms with van der Waals surface area (Å²) in [5.74, 6) is 1.13.